The summed E-state index contributed by atoms with van der Waals surface area (Å²) in [7, 11) is 0. The molecule has 4 nitrogen and oxygen atoms in total. The largest absolute Gasteiger partial charge is 0.309 e. The van der Waals surface area contributed by atoms with Gasteiger partial charge in [0.1, 0.15) is 12.1 Å². The Bertz CT molecular complexity index is 2730. The van der Waals surface area contributed by atoms with Crippen molar-refractivity contribution >= 4 is 43.6 Å². The van der Waals surface area contributed by atoms with Crippen LogP contribution >= 0.6 is 0 Å². The summed E-state index contributed by atoms with van der Waals surface area (Å²) < 4.78 is 4.60. The van der Waals surface area contributed by atoms with Gasteiger partial charge in [-0.1, -0.05) is 90.1 Å². The Morgan fingerprint density at radius 1 is 0.420 bits per heavy atom. The number of nitriles is 2. The van der Waals surface area contributed by atoms with Gasteiger partial charge in [0, 0.05) is 32.9 Å². The number of aromatic nitrogens is 2. The summed E-state index contributed by atoms with van der Waals surface area (Å²) in [5.74, 6) is 0. The van der Waals surface area contributed by atoms with Gasteiger partial charge < -0.3 is 9.13 Å². The van der Waals surface area contributed by atoms with E-state index in [0.717, 1.165) is 44.3 Å². The lowest BCUT2D eigenvalue weighted by Gasteiger charge is -2.19. The van der Waals surface area contributed by atoms with E-state index in [1.54, 1.807) is 6.07 Å². The number of rotatable bonds is 3. The van der Waals surface area contributed by atoms with Crippen molar-refractivity contribution in [1.29, 1.82) is 10.5 Å². The Morgan fingerprint density at radius 2 is 0.940 bits per heavy atom. The van der Waals surface area contributed by atoms with Gasteiger partial charge in [-0.2, -0.15) is 10.5 Å². The van der Waals surface area contributed by atoms with E-state index < -0.39 is 0 Å². The van der Waals surface area contributed by atoms with Crippen LogP contribution in [0.15, 0.2) is 121 Å². The van der Waals surface area contributed by atoms with Crippen LogP contribution in [0.4, 0.5) is 0 Å². The summed E-state index contributed by atoms with van der Waals surface area (Å²) in [5, 5.41) is 24.2. The molecule has 2 aromatic heterocycles. The Kier molecular flexibility index (Phi) is 7.00. The van der Waals surface area contributed by atoms with Crippen LogP contribution < -0.4 is 0 Å². The second kappa shape index (κ2) is 11.2. The second-order valence-corrected chi connectivity index (χ2v) is 15.4. The molecule has 4 heteroatoms. The lowest BCUT2D eigenvalue weighted by atomic mass is 9.86. The summed E-state index contributed by atoms with van der Waals surface area (Å²) in [6, 6.07) is 47.7. The van der Waals surface area contributed by atoms with Gasteiger partial charge in [-0.25, -0.2) is 0 Å². The molecule has 0 bridgehead atoms. The molecule has 0 atom stereocenters. The van der Waals surface area contributed by atoms with Crippen LogP contribution in [0.5, 0.6) is 0 Å². The highest BCUT2D eigenvalue weighted by atomic mass is 15.0. The van der Waals surface area contributed by atoms with E-state index in [4.69, 9.17) is 0 Å². The van der Waals surface area contributed by atoms with Crippen LogP contribution in [-0.2, 0) is 10.8 Å². The first-order valence-corrected chi connectivity index (χ1v) is 17.1. The van der Waals surface area contributed by atoms with E-state index in [0.29, 0.717) is 11.1 Å². The van der Waals surface area contributed by atoms with E-state index in [9.17, 15) is 10.5 Å². The first-order chi connectivity index (χ1) is 24.0. The van der Waals surface area contributed by atoms with Gasteiger partial charge in [-0.3, -0.25) is 0 Å². The fourth-order valence-corrected chi connectivity index (χ4v) is 7.33. The van der Waals surface area contributed by atoms with Gasteiger partial charge >= 0.3 is 0 Å². The quantitative estimate of drug-likeness (QED) is 0.192. The van der Waals surface area contributed by atoms with Crippen molar-refractivity contribution in [3.8, 4) is 34.6 Å². The molecule has 50 heavy (non-hydrogen) atoms. The molecule has 6 aromatic carbocycles. The van der Waals surface area contributed by atoms with Gasteiger partial charge in [-0.05, 0) is 106 Å². The van der Waals surface area contributed by atoms with Crippen LogP contribution in [0.2, 0.25) is 0 Å². The van der Waals surface area contributed by atoms with Crippen LogP contribution in [-0.4, -0.2) is 9.13 Å². The Hall–Kier alpha value is -6.10. The SMILES string of the molecule is CC(C)(C)c1ccc2c(c1)c1cc(-c3ccc4c5cc(C(C)(C)C)ccc5n(-c5ccccc5)c4c3)ccc1n2-c1ccc(C#N)c(C#N)c1. The minimum Gasteiger partial charge on any atom is -0.309 e. The second-order valence-electron chi connectivity index (χ2n) is 15.4. The topological polar surface area (TPSA) is 57.4 Å². The molecule has 0 N–H and O–H groups in total. The van der Waals surface area contributed by atoms with Crippen LogP contribution in [0.3, 0.4) is 0 Å². The molecule has 0 fully saturated rings. The molecule has 0 saturated heterocycles. The molecule has 0 spiro atoms. The average molecular weight is 647 g/mol. The molecule has 0 aliphatic carbocycles. The third-order valence-electron chi connectivity index (χ3n) is 10.1. The fourth-order valence-electron chi connectivity index (χ4n) is 7.33. The third kappa shape index (κ3) is 4.96. The molecular formula is C46H38N4. The number of fused-ring (bicyclic) bond motifs is 6. The summed E-state index contributed by atoms with van der Waals surface area (Å²) in [5.41, 5.74) is 12.1. The maximum Gasteiger partial charge on any atom is 0.101 e. The molecule has 8 rings (SSSR count). The molecule has 0 aliphatic heterocycles. The molecule has 0 radical (unpaired) electrons. The van der Waals surface area contributed by atoms with E-state index in [1.165, 1.54) is 32.9 Å². The van der Waals surface area contributed by atoms with Gasteiger partial charge in [0.25, 0.3) is 0 Å². The molecule has 0 amide bonds. The van der Waals surface area contributed by atoms with Crippen LogP contribution in [0.1, 0.15) is 63.8 Å². The molecule has 2 heterocycles. The summed E-state index contributed by atoms with van der Waals surface area (Å²) in [4.78, 5) is 0. The van der Waals surface area contributed by atoms with E-state index >= 15 is 0 Å². The highest BCUT2D eigenvalue weighted by Crippen LogP contribution is 2.40. The highest BCUT2D eigenvalue weighted by molar-refractivity contribution is 6.12. The predicted molar refractivity (Wildman–Crippen MR) is 207 cm³/mol. The molecular weight excluding hydrogens is 609 g/mol. The van der Waals surface area contributed by atoms with Crippen molar-refractivity contribution in [2.24, 2.45) is 0 Å². The minimum atomic E-state index is -0.0224. The Morgan fingerprint density at radius 3 is 1.54 bits per heavy atom. The third-order valence-corrected chi connectivity index (χ3v) is 10.1. The zero-order valence-electron chi connectivity index (χ0n) is 29.3. The average Bonchev–Trinajstić information content (AvgIpc) is 3.62. The lowest BCUT2D eigenvalue weighted by Crippen LogP contribution is -2.10. The predicted octanol–water partition coefficient (Wildman–Crippen LogP) is 11.9. The van der Waals surface area contributed by atoms with E-state index in [1.807, 2.05) is 12.1 Å². The maximum atomic E-state index is 9.84. The van der Waals surface area contributed by atoms with E-state index in [2.05, 4.69) is 166 Å². The monoisotopic (exact) mass is 646 g/mol. The number of para-hydroxylation sites is 1. The minimum absolute atomic E-state index is 0.0224. The smallest absolute Gasteiger partial charge is 0.101 e. The summed E-state index contributed by atoms with van der Waals surface area (Å²) >= 11 is 0. The molecule has 8 aromatic rings. The maximum absolute atomic E-state index is 9.84. The van der Waals surface area contributed by atoms with Crippen molar-refractivity contribution in [3.63, 3.8) is 0 Å². The normalized spacial score (nSPS) is 12.2. The van der Waals surface area contributed by atoms with E-state index in [-0.39, 0.29) is 10.8 Å². The van der Waals surface area contributed by atoms with Crippen molar-refractivity contribution in [2.75, 3.05) is 0 Å². The summed E-state index contributed by atoms with van der Waals surface area (Å²) in [6.45, 7) is 13.5. The van der Waals surface area contributed by atoms with Crippen molar-refractivity contribution in [1.82, 2.24) is 9.13 Å². The van der Waals surface area contributed by atoms with Crippen LogP contribution in [0.25, 0.3) is 66.1 Å². The zero-order chi connectivity index (χ0) is 34.9. The standard InChI is InChI=1S/C46H38N4/c1-45(2,3)33-15-20-42-39(25-33)37-18-13-30(24-44(37)49(42)35-10-8-7-9-11-35)29-14-19-41-38(23-29)40-26-34(46(4,5)6)16-21-43(40)50(41)36-17-12-31(27-47)32(22-36)28-48/h7-26H,1-6H3. The Labute approximate surface area is 293 Å². The molecule has 242 valence electrons. The number of hydrogen-bond donors (Lipinski definition) is 0. The lowest BCUT2D eigenvalue weighted by molar-refractivity contribution is 0.591. The van der Waals surface area contributed by atoms with Crippen molar-refractivity contribution in [2.45, 2.75) is 52.4 Å². The zero-order valence-corrected chi connectivity index (χ0v) is 29.3. The first-order valence-electron chi connectivity index (χ1n) is 17.1. The number of benzene rings is 6. The fraction of sp³-hybridized carbons (Fsp3) is 0.174. The van der Waals surface area contributed by atoms with Gasteiger partial charge in [0.15, 0.2) is 0 Å². The van der Waals surface area contributed by atoms with Crippen molar-refractivity contribution in [3.05, 3.63) is 144 Å². The van der Waals surface area contributed by atoms with Gasteiger partial charge in [0.05, 0.1) is 33.2 Å². The highest BCUT2D eigenvalue weighted by Gasteiger charge is 2.21. The van der Waals surface area contributed by atoms with Gasteiger partial charge in [-0.15, -0.1) is 0 Å². The first kappa shape index (κ1) is 31.2. The molecule has 0 unspecified atom stereocenters. The summed E-state index contributed by atoms with van der Waals surface area (Å²) in [6.07, 6.45) is 0. The number of hydrogen-bond acceptors (Lipinski definition) is 2. The number of nitrogens with zero attached hydrogens (tertiary/aromatic N) is 4. The molecule has 0 aliphatic rings. The Balaban J connectivity index is 1.38. The van der Waals surface area contributed by atoms with Crippen LogP contribution in [0, 0.1) is 22.7 Å². The molecule has 0 saturated carbocycles. The van der Waals surface area contributed by atoms with Gasteiger partial charge in [0.2, 0.25) is 0 Å². The van der Waals surface area contributed by atoms with Crippen molar-refractivity contribution < 1.29 is 0 Å².